The van der Waals surface area contributed by atoms with Gasteiger partial charge in [0, 0.05) is 37.6 Å². The normalized spacial score (nSPS) is 17.5. The van der Waals surface area contributed by atoms with Gasteiger partial charge in [0.15, 0.2) is 11.5 Å². The van der Waals surface area contributed by atoms with Crippen LogP contribution in [0.3, 0.4) is 0 Å². The average Bonchev–Trinajstić information content (AvgIpc) is 3.05. The molecule has 1 unspecified atom stereocenters. The average molecular weight is 333 g/mol. The zero-order chi connectivity index (χ0) is 17.1. The minimum atomic E-state index is -0.936. The van der Waals surface area contributed by atoms with Crippen LogP contribution in [0.4, 0.5) is 8.78 Å². The maximum absolute atomic E-state index is 13.7. The number of likely N-dealkylation sites (N-methyl/N-ethyl adjacent to an activating group) is 1. The van der Waals surface area contributed by atoms with Crippen LogP contribution < -0.4 is 0 Å². The van der Waals surface area contributed by atoms with E-state index in [0.29, 0.717) is 31.5 Å². The van der Waals surface area contributed by atoms with Gasteiger partial charge in [0.25, 0.3) is 5.91 Å². The van der Waals surface area contributed by atoms with Crippen LogP contribution in [0, 0.1) is 11.6 Å². The lowest BCUT2D eigenvalue weighted by Gasteiger charge is -2.23. The summed E-state index contributed by atoms with van der Waals surface area (Å²) in [5.41, 5.74) is -0.342. The molecular formula is C16H17F2N5O. The summed E-state index contributed by atoms with van der Waals surface area (Å²) in [5, 5.41) is 0. The Labute approximate surface area is 138 Å². The third-order valence-electron chi connectivity index (χ3n) is 4.09. The second-order valence-electron chi connectivity index (χ2n) is 5.76. The maximum atomic E-state index is 13.7. The van der Waals surface area contributed by atoms with Crippen molar-refractivity contribution in [1.82, 2.24) is 24.8 Å². The third-order valence-corrected chi connectivity index (χ3v) is 4.09. The highest BCUT2D eigenvalue weighted by molar-refractivity contribution is 5.92. The van der Waals surface area contributed by atoms with Gasteiger partial charge in [-0.25, -0.2) is 23.7 Å². The fourth-order valence-electron chi connectivity index (χ4n) is 2.77. The van der Waals surface area contributed by atoms with Crippen LogP contribution in [-0.4, -0.2) is 56.8 Å². The second-order valence-corrected chi connectivity index (χ2v) is 5.76. The Morgan fingerprint density at radius 1 is 1.33 bits per heavy atom. The van der Waals surface area contributed by atoms with E-state index in [-0.39, 0.29) is 11.7 Å². The van der Waals surface area contributed by atoms with Crippen LogP contribution in [0.1, 0.15) is 22.7 Å². The predicted molar refractivity (Wildman–Crippen MR) is 82.0 cm³/mol. The molecule has 3 rings (SSSR count). The van der Waals surface area contributed by atoms with E-state index < -0.39 is 17.5 Å². The van der Waals surface area contributed by atoms with E-state index in [0.717, 1.165) is 12.6 Å². The molecule has 0 radical (unpaired) electrons. The second kappa shape index (κ2) is 6.96. The van der Waals surface area contributed by atoms with Crippen LogP contribution in [0.5, 0.6) is 0 Å². The molecule has 0 saturated carbocycles. The Morgan fingerprint density at radius 3 is 2.79 bits per heavy atom. The summed E-state index contributed by atoms with van der Waals surface area (Å²) in [6.45, 7) is 1.53. The van der Waals surface area contributed by atoms with Gasteiger partial charge in [-0.05, 0) is 19.5 Å². The van der Waals surface area contributed by atoms with E-state index >= 15 is 0 Å². The van der Waals surface area contributed by atoms with Gasteiger partial charge >= 0.3 is 0 Å². The number of pyridine rings is 1. The molecule has 2 aromatic heterocycles. The van der Waals surface area contributed by atoms with Gasteiger partial charge in [0.1, 0.15) is 11.6 Å². The molecule has 2 aromatic rings. The molecule has 1 atom stereocenters. The van der Waals surface area contributed by atoms with E-state index in [1.807, 2.05) is 7.05 Å². The van der Waals surface area contributed by atoms with E-state index in [1.54, 1.807) is 18.5 Å². The van der Waals surface area contributed by atoms with Crippen molar-refractivity contribution < 1.29 is 13.6 Å². The molecule has 126 valence electrons. The topological polar surface area (TPSA) is 62.2 Å². The molecule has 0 bridgehead atoms. The van der Waals surface area contributed by atoms with Gasteiger partial charge in [-0.2, -0.15) is 0 Å². The fraction of sp³-hybridized carbons (Fsp3) is 0.375. The zero-order valence-corrected chi connectivity index (χ0v) is 13.2. The SMILES string of the molecule is CN(Cc1ncccn1)C1CCN(C(=O)c2ncc(F)cc2F)C1. The molecule has 0 aromatic carbocycles. The molecule has 1 saturated heterocycles. The van der Waals surface area contributed by atoms with Crippen LogP contribution in [0.15, 0.2) is 30.7 Å². The smallest absolute Gasteiger partial charge is 0.275 e. The molecule has 1 amide bonds. The highest BCUT2D eigenvalue weighted by atomic mass is 19.1. The monoisotopic (exact) mass is 333 g/mol. The number of hydrogen-bond donors (Lipinski definition) is 0. The van der Waals surface area contributed by atoms with Gasteiger partial charge in [0.2, 0.25) is 0 Å². The van der Waals surface area contributed by atoms with Crippen LogP contribution in [-0.2, 0) is 6.54 Å². The van der Waals surface area contributed by atoms with Crippen molar-refractivity contribution in [3.8, 4) is 0 Å². The summed E-state index contributed by atoms with van der Waals surface area (Å²) in [6, 6.07) is 2.55. The van der Waals surface area contributed by atoms with Crippen molar-refractivity contribution in [2.75, 3.05) is 20.1 Å². The van der Waals surface area contributed by atoms with Crippen molar-refractivity contribution in [2.24, 2.45) is 0 Å². The van der Waals surface area contributed by atoms with E-state index in [2.05, 4.69) is 19.9 Å². The Morgan fingerprint density at radius 2 is 2.08 bits per heavy atom. The largest absolute Gasteiger partial charge is 0.336 e. The number of halogens is 2. The number of carbonyl (C=O) groups excluding carboxylic acids is 1. The van der Waals surface area contributed by atoms with Crippen LogP contribution in [0.2, 0.25) is 0 Å². The standard InChI is InChI=1S/C16H17F2N5O/c1-22(10-14-19-4-2-5-20-14)12-3-6-23(9-12)16(24)15-13(18)7-11(17)8-21-15/h2,4-5,7-8,12H,3,6,9-10H2,1H3. The van der Waals surface area contributed by atoms with Gasteiger partial charge in [-0.15, -0.1) is 0 Å². The maximum Gasteiger partial charge on any atom is 0.275 e. The summed E-state index contributed by atoms with van der Waals surface area (Å²) < 4.78 is 26.6. The first-order valence-electron chi connectivity index (χ1n) is 7.61. The predicted octanol–water partition coefficient (Wildman–Crippen LogP) is 1.50. The molecule has 0 N–H and O–H groups in total. The summed E-state index contributed by atoms with van der Waals surface area (Å²) in [6.07, 6.45) is 4.98. The lowest BCUT2D eigenvalue weighted by atomic mass is 10.2. The first kappa shape index (κ1) is 16.4. The quantitative estimate of drug-likeness (QED) is 0.848. The fourth-order valence-corrected chi connectivity index (χ4v) is 2.77. The summed E-state index contributed by atoms with van der Waals surface area (Å²) >= 11 is 0. The van der Waals surface area contributed by atoms with E-state index in [1.165, 1.54) is 4.90 Å². The first-order valence-corrected chi connectivity index (χ1v) is 7.61. The minimum Gasteiger partial charge on any atom is -0.336 e. The molecule has 1 fully saturated rings. The number of carbonyl (C=O) groups is 1. The number of aromatic nitrogens is 3. The van der Waals surface area contributed by atoms with Crippen molar-refractivity contribution >= 4 is 5.91 Å². The Kier molecular flexibility index (Phi) is 4.75. The summed E-state index contributed by atoms with van der Waals surface area (Å²) in [4.78, 5) is 27.9. The number of likely N-dealkylation sites (tertiary alicyclic amines) is 1. The Bertz CT molecular complexity index is 728. The lowest BCUT2D eigenvalue weighted by molar-refractivity contribution is 0.0768. The van der Waals surface area contributed by atoms with Gasteiger partial charge in [-0.3, -0.25) is 9.69 Å². The van der Waals surface area contributed by atoms with Gasteiger partial charge in [-0.1, -0.05) is 0 Å². The number of rotatable bonds is 4. The number of amides is 1. The number of hydrogen-bond acceptors (Lipinski definition) is 5. The van der Waals surface area contributed by atoms with Crippen LogP contribution in [0.25, 0.3) is 0 Å². The van der Waals surface area contributed by atoms with Gasteiger partial charge < -0.3 is 4.90 Å². The molecule has 0 spiro atoms. The summed E-state index contributed by atoms with van der Waals surface area (Å²) in [5.74, 6) is -1.55. The first-order chi connectivity index (χ1) is 11.5. The van der Waals surface area contributed by atoms with E-state index in [4.69, 9.17) is 0 Å². The van der Waals surface area contributed by atoms with Crippen molar-refractivity contribution in [1.29, 1.82) is 0 Å². The summed E-state index contributed by atoms with van der Waals surface area (Å²) in [7, 11) is 1.94. The Hall–Kier alpha value is -2.48. The van der Waals surface area contributed by atoms with Crippen molar-refractivity contribution in [2.45, 2.75) is 19.0 Å². The molecular weight excluding hydrogens is 316 g/mol. The van der Waals surface area contributed by atoms with Crippen molar-refractivity contribution in [3.63, 3.8) is 0 Å². The molecule has 8 heteroatoms. The molecule has 6 nitrogen and oxygen atoms in total. The van der Waals surface area contributed by atoms with E-state index in [9.17, 15) is 13.6 Å². The lowest BCUT2D eigenvalue weighted by Crippen LogP contribution is -2.37. The molecule has 0 aliphatic carbocycles. The minimum absolute atomic E-state index is 0.126. The molecule has 1 aliphatic rings. The van der Waals surface area contributed by atoms with Gasteiger partial charge in [0.05, 0.1) is 12.7 Å². The van der Waals surface area contributed by atoms with Crippen molar-refractivity contribution in [3.05, 3.63) is 53.9 Å². The number of nitrogens with zero attached hydrogens (tertiary/aromatic N) is 5. The Balaban J connectivity index is 1.63. The zero-order valence-electron chi connectivity index (χ0n) is 13.2. The highest BCUT2D eigenvalue weighted by Gasteiger charge is 2.31. The molecule has 3 heterocycles. The molecule has 1 aliphatic heterocycles. The molecule has 24 heavy (non-hydrogen) atoms. The third kappa shape index (κ3) is 3.53. The highest BCUT2D eigenvalue weighted by Crippen LogP contribution is 2.19. The van der Waals surface area contributed by atoms with Crippen LogP contribution >= 0.6 is 0 Å².